The van der Waals surface area contributed by atoms with Gasteiger partial charge in [0.25, 0.3) is 11.6 Å². The fraction of sp³-hybridized carbons (Fsp3) is 0.381. The standard InChI is InChI=1S/C21H24N2O6/c1-27-10-11-29-19-13-17(23(25)26)16(12-18(19)28-2)20(24)22-14-21(8-9-21)15-6-4-3-5-7-15/h3-7,12-13H,8-11,14H2,1-2H3,(H,22,24). The van der Waals surface area contributed by atoms with Crippen molar-refractivity contribution in [1.82, 2.24) is 5.32 Å². The van der Waals surface area contributed by atoms with E-state index in [-0.39, 0.29) is 34.8 Å². The number of amides is 1. The molecule has 0 atom stereocenters. The van der Waals surface area contributed by atoms with Crippen molar-refractivity contribution in [3.8, 4) is 11.5 Å². The Morgan fingerprint density at radius 2 is 1.86 bits per heavy atom. The highest BCUT2D eigenvalue weighted by atomic mass is 16.6. The average Bonchev–Trinajstić information content (AvgIpc) is 3.53. The van der Waals surface area contributed by atoms with Gasteiger partial charge in [-0.05, 0) is 18.4 Å². The molecule has 2 aromatic rings. The molecule has 0 aliphatic heterocycles. The summed E-state index contributed by atoms with van der Waals surface area (Å²) in [6.07, 6.45) is 1.93. The Labute approximate surface area is 168 Å². The van der Waals surface area contributed by atoms with Crippen LogP contribution in [0.3, 0.4) is 0 Å². The van der Waals surface area contributed by atoms with Crippen molar-refractivity contribution in [2.24, 2.45) is 0 Å². The molecule has 0 aromatic heterocycles. The van der Waals surface area contributed by atoms with Crippen LogP contribution in [0.1, 0.15) is 28.8 Å². The molecule has 8 nitrogen and oxygen atoms in total. The van der Waals surface area contributed by atoms with Crippen molar-refractivity contribution < 1.29 is 23.9 Å². The number of hydrogen-bond acceptors (Lipinski definition) is 6. The summed E-state index contributed by atoms with van der Waals surface area (Å²) in [5.41, 5.74) is 0.670. The second-order valence-electron chi connectivity index (χ2n) is 6.95. The van der Waals surface area contributed by atoms with Crippen LogP contribution in [0, 0.1) is 10.1 Å². The van der Waals surface area contributed by atoms with Crippen LogP contribution >= 0.6 is 0 Å². The van der Waals surface area contributed by atoms with Crippen LogP contribution in [0.4, 0.5) is 5.69 Å². The maximum Gasteiger partial charge on any atom is 0.286 e. The fourth-order valence-corrected chi connectivity index (χ4v) is 3.24. The molecule has 1 aliphatic rings. The van der Waals surface area contributed by atoms with Crippen LogP contribution in [0.2, 0.25) is 0 Å². The summed E-state index contributed by atoms with van der Waals surface area (Å²) in [6, 6.07) is 12.5. The second kappa shape index (κ2) is 8.91. The summed E-state index contributed by atoms with van der Waals surface area (Å²) in [5.74, 6) is -0.0718. The second-order valence-corrected chi connectivity index (χ2v) is 6.95. The molecule has 0 saturated heterocycles. The summed E-state index contributed by atoms with van der Waals surface area (Å²) < 4.78 is 15.7. The van der Waals surface area contributed by atoms with Gasteiger partial charge in [-0.1, -0.05) is 30.3 Å². The third-order valence-corrected chi connectivity index (χ3v) is 5.10. The lowest BCUT2D eigenvalue weighted by atomic mass is 9.96. The molecule has 0 radical (unpaired) electrons. The zero-order valence-corrected chi connectivity index (χ0v) is 16.5. The van der Waals surface area contributed by atoms with Crippen LogP contribution in [0.25, 0.3) is 0 Å². The summed E-state index contributed by atoms with van der Waals surface area (Å²) in [6.45, 7) is 0.942. The van der Waals surface area contributed by atoms with Crippen LogP contribution in [-0.4, -0.2) is 44.8 Å². The van der Waals surface area contributed by atoms with E-state index < -0.39 is 10.8 Å². The molecule has 0 bridgehead atoms. The van der Waals surface area contributed by atoms with Gasteiger partial charge in [-0.15, -0.1) is 0 Å². The monoisotopic (exact) mass is 400 g/mol. The molecule has 0 spiro atoms. The van der Waals surface area contributed by atoms with E-state index in [2.05, 4.69) is 5.32 Å². The Balaban J connectivity index is 1.79. The molecule has 0 heterocycles. The predicted octanol–water partition coefficient (Wildman–Crippen LogP) is 3.09. The van der Waals surface area contributed by atoms with Gasteiger partial charge in [0.15, 0.2) is 11.5 Å². The van der Waals surface area contributed by atoms with E-state index in [0.717, 1.165) is 18.4 Å². The first kappa shape index (κ1) is 20.6. The van der Waals surface area contributed by atoms with Gasteiger partial charge in [-0.2, -0.15) is 0 Å². The number of carbonyl (C=O) groups excluding carboxylic acids is 1. The van der Waals surface area contributed by atoms with E-state index in [9.17, 15) is 14.9 Å². The van der Waals surface area contributed by atoms with E-state index >= 15 is 0 Å². The lowest BCUT2D eigenvalue weighted by molar-refractivity contribution is -0.385. The minimum atomic E-state index is -0.596. The van der Waals surface area contributed by atoms with Crippen molar-refractivity contribution in [2.75, 3.05) is 34.0 Å². The quantitative estimate of drug-likeness (QED) is 0.374. The molecule has 2 aromatic carbocycles. The zero-order chi connectivity index (χ0) is 20.9. The van der Waals surface area contributed by atoms with Gasteiger partial charge in [0.2, 0.25) is 0 Å². The normalized spacial score (nSPS) is 14.1. The largest absolute Gasteiger partial charge is 0.493 e. The molecule has 1 saturated carbocycles. The van der Waals surface area contributed by atoms with Crippen molar-refractivity contribution in [2.45, 2.75) is 18.3 Å². The van der Waals surface area contributed by atoms with Crippen LogP contribution in [0.5, 0.6) is 11.5 Å². The van der Waals surface area contributed by atoms with E-state index in [4.69, 9.17) is 14.2 Å². The van der Waals surface area contributed by atoms with Crippen LogP contribution < -0.4 is 14.8 Å². The molecule has 0 unspecified atom stereocenters. The number of nitrogens with one attached hydrogen (secondary N) is 1. The van der Waals surface area contributed by atoms with Crippen molar-refractivity contribution in [3.05, 3.63) is 63.7 Å². The number of methoxy groups -OCH3 is 2. The third-order valence-electron chi connectivity index (χ3n) is 5.10. The molecule has 1 fully saturated rings. The SMILES string of the molecule is COCCOc1cc([N+](=O)[O-])c(C(=O)NCC2(c3ccccc3)CC2)cc1OC. The topological polar surface area (TPSA) is 99.9 Å². The lowest BCUT2D eigenvalue weighted by Crippen LogP contribution is -2.32. The van der Waals surface area contributed by atoms with Crippen molar-refractivity contribution in [3.63, 3.8) is 0 Å². The van der Waals surface area contributed by atoms with Crippen LogP contribution in [-0.2, 0) is 10.2 Å². The number of ether oxygens (including phenoxy) is 3. The zero-order valence-electron chi connectivity index (χ0n) is 16.5. The van der Waals surface area contributed by atoms with Crippen molar-refractivity contribution >= 4 is 11.6 Å². The number of carbonyl (C=O) groups is 1. The summed E-state index contributed by atoms with van der Waals surface area (Å²) in [4.78, 5) is 23.7. The molecule has 1 aliphatic carbocycles. The van der Waals surface area contributed by atoms with Gasteiger partial charge >= 0.3 is 0 Å². The van der Waals surface area contributed by atoms with E-state index in [1.807, 2.05) is 30.3 Å². The van der Waals surface area contributed by atoms with Gasteiger partial charge in [0.1, 0.15) is 12.2 Å². The van der Waals surface area contributed by atoms with Gasteiger partial charge < -0.3 is 19.5 Å². The first-order valence-corrected chi connectivity index (χ1v) is 9.32. The number of nitro benzene ring substituents is 1. The van der Waals surface area contributed by atoms with Gasteiger partial charge in [-0.3, -0.25) is 14.9 Å². The van der Waals surface area contributed by atoms with Crippen molar-refractivity contribution in [1.29, 1.82) is 0 Å². The third kappa shape index (κ3) is 4.65. The molecule has 1 amide bonds. The van der Waals surface area contributed by atoms with E-state index in [1.165, 1.54) is 26.4 Å². The smallest absolute Gasteiger partial charge is 0.286 e. The summed E-state index contributed by atoms with van der Waals surface area (Å²) in [7, 11) is 2.94. The summed E-state index contributed by atoms with van der Waals surface area (Å²) in [5, 5.41) is 14.4. The molecule has 8 heteroatoms. The highest BCUT2D eigenvalue weighted by Gasteiger charge is 2.44. The van der Waals surface area contributed by atoms with E-state index in [0.29, 0.717) is 13.2 Å². The number of hydrogen-bond donors (Lipinski definition) is 1. The van der Waals surface area contributed by atoms with Gasteiger partial charge in [0, 0.05) is 25.1 Å². The molecule has 29 heavy (non-hydrogen) atoms. The number of nitro groups is 1. The average molecular weight is 400 g/mol. The Morgan fingerprint density at radius 1 is 1.14 bits per heavy atom. The first-order chi connectivity index (χ1) is 14.0. The maximum absolute atomic E-state index is 12.8. The van der Waals surface area contributed by atoms with Crippen LogP contribution in [0.15, 0.2) is 42.5 Å². The number of nitrogens with zero attached hydrogens (tertiary/aromatic N) is 1. The molecule has 1 N–H and O–H groups in total. The minimum Gasteiger partial charge on any atom is -0.493 e. The van der Waals surface area contributed by atoms with E-state index in [1.54, 1.807) is 0 Å². The summed E-state index contributed by atoms with van der Waals surface area (Å²) >= 11 is 0. The Morgan fingerprint density at radius 3 is 2.45 bits per heavy atom. The Hall–Kier alpha value is -3.13. The van der Waals surface area contributed by atoms with Gasteiger partial charge in [-0.25, -0.2) is 0 Å². The highest BCUT2D eigenvalue weighted by Crippen LogP contribution is 2.47. The Kier molecular flexibility index (Phi) is 6.33. The first-order valence-electron chi connectivity index (χ1n) is 9.32. The molecular weight excluding hydrogens is 376 g/mol. The maximum atomic E-state index is 12.8. The fourth-order valence-electron chi connectivity index (χ4n) is 3.24. The lowest BCUT2D eigenvalue weighted by Gasteiger charge is -2.17. The number of benzene rings is 2. The minimum absolute atomic E-state index is 0.0604. The number of rotatable bonds is 10. The molecule has 3 rings (SSSR count). The molecule has 154 valence electrons. The van der Waals surface area contributed by atoms with Gasteiger partial charge in [0.05, 0.1) is 24.7 Å². The Bertz CT molecular complexity index is 880. The predicted molar refractivity (Wildman–Crippen MR) is 107 cm³/mol. The molecular formula is C21H24N2O6. The highest BCUT2D eigenvalue weighted by molar-refractivity contribution is 5.99.